The van der Waals surface area contributed by atoms with Gasteiger partial charge in [-0.05, 0) is 64.2 Å². The maximum Gasteiger partial charge on any atom is 0.410 e. The van der Waals surface area contributed by atoms with Crippen molar-refractivity contribution in [3.05, 3.63) is 34.3 Å². The molecule has 1 aromatic rings. The normalized spacial score (nSPS) is 21.7. The van der Waals surface area contributed by atoms with Gasteiger partial charge in [0.25, 0.3) is 0 Å². The molecule has 0 aliphatic carbocycles. The molecule has 24 heavy (non-hydrogen) atoms. The summed E-state index contributed by atoms with van der Waals surface area (Å²) in [5, 5.41) is 10.3. The molecular weight excluding hydrogens is 326 g/mol. The van der Waals surface area contributed by atoms with Crippen molar-refractivity contribution >= 4 is 17.7 Å². The van der Waals surface area contributed by atoms with Gasteiger partial charge in [-0.15, -0.1) is 0 Å². The summed E-state index contributed by atoms with van der Waals surface area (Å²) >= 11 is 6.31. The van der Waals surface area contributed by atoms with Crippen LogP contribution in [0.15, 0.2) is 18.2 Å². The van der Waals surface area contributed by atoms with Gasteiger partial charge in [0.15, 0.2) is 0 Å². The first kappa shape index (κ1) is 19.1. The Morgan fingerprint density at radius 1 is 1.42 bits per heavy atom. The summed E-state index contributed by atoms with van der Waals surface area (Å²) < 4.78 is 5.53. The van der Waals surface area contributed by atoms with Crippen molar-refractivity contribution in [2.45, 2.75) is 58.0 Å². The third kappa shape index (κ3) is 4.42. The van der Waals surface area contributed by atoms with E-state index in [2.05, 4.69) is 6.07 Å². The molecule has 0 spiro atoms. The minimum Gasteiger partial charge on any atom is -0.444 e. The van der Waals surface area contributed by atoms with Crippen LogP contribution in [0, 0.1) is 6.92 Å². The highest BCUT2D eigenvalue weighted by molar-refractivity contribution is 6.31. The number of rotatable bonds is 3. The molecular formula is C19H28ClNO3. The van der Waals surface area contributed by atoms with Gasteiger partial charge < -0.3 is 14.7 Å². The zero-order valence-corrected chi connectivity index (χ0v) is 15.8. The highest BCUT2D eigenvalue weighted by atomic mass is 35.5. The van der Waals surface area contributed by atoms with Gasteiger partial charge in [0.1, 0.15) is 5.60 Å². The van der Waals surface area contributed by atoms with Crippen LogP contribution in [0.3, 0.4) is 0 Å². The van der Waals surface area contributed by atoms with E-state index in [0.29, 0.717) is 19.5 Å². The molecule has 1 aromatic carbocycles. The Labute approximate surface area is 149 Å². The predicted octanol–water partition coefficient (Wildman–Crippen LogP) is 4.30. The van der Waals surface area contributed by atoms with E-state index in [-0.39, 0.29) is 18.1 Å². The monoisotopic (exact) mass is 353 g/mol. The third-order valence-corrected chi connectivity index (χ3v) is 5.01. The summed E-state index contributed by atoms with van der Waals surface area (Å²) in [6, 6.07) is 6.05. The summed E-state index contributed by atoms with van der Waals surface area (Å²) in [5.74, 6) is 0. The van der Waals surface area contributed by atoms with Crippen LogP contribution in [0.5, 0.6) is 0 Å². The molecule has 1 amide bonds. The molecule has 134 valence electrons. The molecule has 1 heterocycles. The molecule has 1 aliphatic heterocycles. The first-order valence-electron chi connectivity index (χ1n) is 8.52. The zero-order valence-electron chi connectivity index (χ0n) is 15.1. The fraction of sp³-hybridized carbons (Fsp3) is 0.632. The van der Waals surface area contributed by atoms with Crippen LogP contribution in [0.1, 0.15) is 51.2 Å². The number of hydrogen-bond donors (Lipinski definition) is 1. The van der Waals surface area contributed by atoms with Gasteiger partial charge in [0, 0.05) is 30.1 Å². The van der Waals surface area contributed by atoms with E-state index >= 15 is 0 Å². The number of halogens is 1. The van der Waals surface area contributed by atoms with Gasteiger partial charge in [-0.1, -0.05) is 23.7 Å². The van der Waals surface area contributed by atoms with Gasteiger partial charge >= 0.3 is 6.09 Å². The molecule has 0 bridgehead atoms. The number of amides is 1. The van der Waals surface area contributed by atoms with E-state index in [1.807, 2.05) is 39.8 Å². The van der Waals surface area contributed by atoms with E-state index in [0.717, 1.165) is 29.0 Å². The third-order valence-electron chi connectivity index (χ3n) is 4.60. The van der Waals surface area contributed by atoms with Crippen LogP contribution in [0.2, 0.25) is 5.02 Å². The van der Waals surface area contributed by atoms with Crippen molar-refractivity contribution < 1.29 is 14.6 Å². The number of aryl methyl sites for hydroxylation is 1. The molecule has 0 aromatic heterocycles. The van der Waals surface area contributed by atoms with Crippen molar-refractivity contribution in [1.29, 1.82) is 0 Å². The van der Waals surface area contributed by atoms with Crippen LogP contribution in [-0.4, -0.2) is 41.4 Å². The first-order valence-corrected chi connectivity index (χ1v) is 8.90. The SMILES string of the molecule is Cc1ccc([C@@]2(CCO)CCCN(C(=O)OC(C)(C)C)C2)cc1Cl. The smallest absolute Gasteiger partial charge is 0.410 e. The molecule has 4 nitrogen and oxygen atoms in total. The van der Waals surface area contributed by atoms with Crippen LogP contribution < -0.4 is 0 Å². The highest BCUT2D eigenvalue weighted by Gasteiger charge is 2.39. The number of ether oxygens (including phenoxy) is 1. The number of carbonyl (C=O) groups excluding carboxylic acids is 1. The Bertz CT molecular complexity index is 593. The van der Waals surface area contributed by atoms with Crippen LogP contribution >= 0.6 is 11.6 Å². The molecule has 1 saturated heterocycles. The van der Waals surface area contributed by atoms with E-state index in [1.54, 1.807) is 4.90 Å². The largest absolute Gasteiger partial charge is 0.444 e. The predicted molar refractivity (Wildman–Crippen MR) is 96.6 cm³/mol. The molecule has 2 rings (SSSR count). The Morgan fingerprint density at radius 3 is 2.71 bits per heavy atom. The van der Waals surface area contributed by atoms with Crippen molar-refractivity contribution in [3.63, 3.8) is 0 Å². The number of aliphatic hydroxyl groups is 1. The number of carbonyl (C=O) groups is 1. The zero-order chi connectivity index (χ0) is 18.0. The number of likely N-dealkylation sites (tertiary alicyclic amines) is 1. The van der Waals surface area contributed by atoms with Gasteiger partial charge in [-0.3, -0.25) is 0 Å². The van der Waals surface area contributed by atoms with Gasteiger partial charge in [0.2, 0.25) is 0 Å². The maximum absolute atomic E-state index is 12.5. The first-order chi connectivity index (χ1) is 11.2. The second-order valence-electron chi connectivity index (χ2n) is 7.72. The van der Waals surface area contributed by atoms with Crippen LogP contribution in [0.25, 0.3) is 0 Å². The average molecular weight is 354 g/mol. The second-order valence-corrected chi connectivity index (χ2v) is 8.13. The number of aliphatic hydroxyl groups excluding tert-OH is 1. The summed E-state index contributed by atoms with van der Waals surface area (Å²) in [5.41, 5.74) is 1.32. The molecule has 1 atom stereocenters. The number of piperidine rings is 1. The molecule has 5 heteroatoms. The minimum absolute atomic E-state index is 0.0770. The quantitative estimate of drug-likeness (QED) is 0.881. The lowest BCUT2D eigenvalue weighted by Gasteiger charge is -2.43. The Balaban J connectivity index is 2.28. The second kappa shape index (κ2) is 7.32. The molecule has 0 saturated carbocycles. The highest BCUT2D eigenvalue weighted by Crippen LogP contribution is 2.39. The van der Waals surface area contributed by atoms with E-state index in [4.69, 9.17) is 16.3 Å². The summed E-state index contributed by atoms with van der Waals surface area (Å²) in [4.78, 5) is 14.2. The van der Waals surface area contributed by atoms with Gasteiger partial charge in [0.05, 0.1) is 0 Å². The fourth-order valence-electron chi connectivity index (χ4n) is 3.33. The number of nitrogens with zero attached hydrogens (tertiary/aromatic N) is 1. The fourth-order valence-corrected chi connectivity index (χ4v) is 3.52. The minimum atomic E-state index is -0.513. The van der Waals surface area contributed by atoms with Crippen molar-refractivity contribution in [2.24, 2.45) is 0 Å². The maximum atomic E-state index is 12.5. The molecule has 0 unspecified atom stereocenters. The van der Waals surface area contributed by atoms with E-state index < -0.39 is 5.60 Å². The lowest BCUT2D eigenvalue weighted by Crippen LogP contribution is -2.50. The van der Waals surface area contributed by atoms with Gasteiger partial charge in [-0.25, -0.2) is 4.79 Å². The molecule has 1 fully saturated rings. The van der Waals surface area contributed by atoms with Crippen LogP contribution in [0.4, 0.5) is 4.79 Å². The summed E-state index contributed by atoms with van der Waals surface area (Å²) in [7, 11) is 0. The molecule has 1 N–H and O–H groups in total. The van der Waals surface area contributed by atoms with Crippen molar-refractivity contribution in [2.75, 3.05) is 19.7 Å². The van der Waals surface area contributed by atoms with Crippen molar-refractivity contribution in [3.8, 4) is 0 Å². The van der Waals surface area contributed by atoms with Crippen LogP contribution in [-0.2, 0) is 10.2 Å². The van der Waals surface area contributed by atoms with Crippen molar-refractivity contribution in [1.82, 2.24) is 4.90 Å². The standard InChI is InChI=1S/C19H28ClNO3/c1-14-6-7-15(12-16(14)20)19(9-11-22)8-5-10-21(13-19)17(23)24-18(2,3)4/h6-7,12,22H,5,8-11,13H2,1-4H3/t19-/m1/s1. The Morgan fingerprint density at radius 2 is 2.12 bits per heavy atom. The van der Waals surface area contributed by atoms with Gasteiger partial charge in [-0.2, -0.15) is 0 Å². The Kier molecular flexibility index (Phi) is 5.82. The lowest BCUT2D eigenvalue weighted by molar-refractivity contribution is 0.0112. The number of hydrogen-bond acceptors (Lipinski definition) is 3. The Hall–Kier alpha value is -1.26. The molecule has 1 aliphatic rings. The average Bonchev–Trinajstić information content (AvgIpc) is 2.49. The topological polar surface area (TPSA) is 49.8 Å². The lowest BCUT2D eigenvalue weighted by atomic mass is 9.72. The van der Waals surface area contributed by atoms with E-state index in [1.165, 1.54) is 0 Å². The molecule has 0 radical (unpaired) electrons. The van der Waals surface area contributed by atoms with E-state index in [9.17, 15) is 9.90 Å². The number of benzene rings is 1. The summed E-state index contributed by atoms with van der Waals surface area (Å²) in [6.45, 7) is 8.89. The summed E-state index contributed by atoms with van der Waals surface area (Å²) in [6.07, 6.45) is 2.12.